The number of aromatic amines is 1. The lowest BCUT2D eigenvalue weighted by Gasteiger charge is -2.19. The predicted octanol–water partition coefficient (Wildman–Crippen LogP) is 4.14. The summed E-state index contributed by atoms with van der Waals surface area (Å²) in [4.78, 5) is 34.9. The largest absolute Gasteiger partial charge is 0.380 e. The van der Waals surface area contributed by atoms with Crippen molar-refractivity contribution in [3.05, 3.63) is 64.4 Å². The monoisotopic (exact) mass is 466 g/mol. The van der Waals surface area contributed by atoms with E-state index in [0.29, 0.717) is 59.7 Å². The molecule has 1 saturated heterocycles. The van der Waals surface area contributed by atoms with Crippen molar-refractivity contribution >= 4 is 45.4 Å². The minimum absolute atomic E-state index is 0.0454. The highest BCUT2D eigenvalue weighted by atomic mass is 35.5. The molecule has 2 aromatic heterocycles. The Hall–Kier alpha value is -3.49. The molecule has 0 saturated carbocycles. The Morgan fingerprint density at radius 2 is 1.97 bits per heavy atom. The molecule has 9 heteroatoms. The summed E-state index contributed by atoms with van der Waals surface area (Å²) >= 11 is 5.94. The number of halogens is 2. The number of fused-ring (bicyclic) bond motifs is 3. The summed E-state index contributed by atoms with van der Waals surface area (Å²) in [6.07, 6.45) is 0.794. The molecule has 4 aromatic rings. The third kappa shape index (κ3) is 3.92. The summed E-state index contributed by atoms with van der Waals surface area (Å²) in [5.74, 6) is -1.26. The molecule has 1 fully saturated rings. The number of nitrogens with zero attached hydrogens (tertiary/aromatic N) is 2. The Balaban J connectivity index is 1.63. The number of carbonyl (C=O) groups excluding carboxylic acids is 2. The van der Waals surface area contributed by atoms with Gasteiger partial charge < -0.3 is 20.4 Å². The van der Waals surface area contributed by atoms with E-state index in [4.69, 9.17) is 27.1 Å². The smallest absolute Gasteiger partial charge is 0.254 e. The number of ether oxygens (including phenoxy) is 1. The zero-order valence-corrected chi connectivity index (χ0v) is 18.3. The number of nitrogens with one attached hydrogen (secondary N) is 1. The number of hydrogen-bond donors (Lipinski definition) is 2. The van der Waals surface area contributed by atoms with Crippen LogP contribution in [0, 0.1) is 5.82 Å². The summed E-state index contributed by atoms with van der Waals surface area (Å²) < 4.78 is 19.1. The van der Waals surface area contributed by atoms with Crippen LogP contribution in [0.3, 0.4) is 0 Å². The summed E-state index contributed by atoms with van der Waals surface area (Å²) in [6, 6.07) is 11.1. The van der Waals surface area contributed by atoms with E-state index in [1.165, 1.54) is 18.2 Å². The fourth-order valence-electron chi connectivity index (χ4n) is 4.12. The minimum atomic E-state index is -0.635. The maximum Gasteiger partial charge on any atom is 0.254 e. The number of aromatic nitrogens is 2. The molecule has 168 valence electrons. The lowest BCUT2D eigenvalue weighted by Crippen LogP contribution is -2.33. The maximum atomic E-state index is 13.6. The van der Waals surface area contributed by atoms with Gasteiger partial charge in [0.05, 0.1) is 33.9 Å². The van der Waals surface area contributed by atoms with Gasteiger partial charge in [0.1, 0.15) is 5.82 Å². The highest BCUT2D eigenvalue weighted by Crippen LogP contribution is 2.32. The van der Waals surface area contributed by atoms with Crippen molar-refractivity contribution in [3.63, 3.8) is 0 Å². The van der Waals surface area contributed by atoms with Gasteiger partial charge in [0.2, 0.25) is 0 Å². The molecule has 0 aliphatic carbocycles. The van der Waals surface area contributed by atoms with Gasteiger partial charge in [0.15, 0.2) is 0 Å². The van der Waals surface area contributed by atoms with Crippen LogP contribution in [-0.4, -0.2) is 53.0 Å². The topological polar surface area (TPSA) is 101 Å². The average molecular weight is 467 g/mol. The predicted molar refractivity (Wildman–Crippen MR) is 124 cm³/mol. The van der Waals surface area contributed by atoms with Crippen LogP contribution in [0.1, 0.15) is 27.1 Å². The Bertz CT molecular complexity index is 1410. The molecule has 0 atom stereocenters. The van der Waals surface area contributed by atoms with Crippen molar-refractivity contribution in [2.24, 2.45) is 5.73 Å². The second kappa shape index (κ2) is 8.46. The van der Waals surface area contributed by atoms with Crippen LogP contribution in [0.25, 0.3) is 33.2 Å². The minimum Gasteiger partial charge on any atom is -0.380 e. The Morgan fingerprint density at radius 3 is 2.76 bits per heavy atom. The third-order valence-electron chi connectivity index (χ3n) is 5.79. The van der Waals surface area contributed by atoms with E-state index in [2.05, 4.69) is 4.98 Å². The van der Waals surface area contributed by atoms with Crippen molar-refractivity contribution in [3.8, 4) is 11.3 Å². The van der Waals surface area contributed by atoms with Crippen LogP contribution >= 0.6 is 11.6 Å². The van der Waals surface area contributed by atoms with E-state index in [1.54, 1.807) is 29.2 Å². The van der Waals surface area contributed by atoms with E-state index < -0.39 is 11.7 Å². The zero-order chi connectivity index (χ0) is 23.1. The summed E-state index contributed by atoms with van der Waals surface area (Å²) in [5.41, 5.74) is 9.06. The molecule has 1 aliphatic rings. The van der Waals surface area contributed by atoms with E-state index >= 15 is 0 Å². The van der Waals surface area contributed by atoms with Crippen LogP contribution in [0.2, 0.25) is 5.02 Å². The number of amides is 2. The SMILES string of the molecule is NC(=O)c1cc(-c2ccc(F)c(Cl)c2)nc2c1[nH]c1cc(C(=O)N3CCCOCC3)ccc12. The third-order valence-corrected chi connectivity index (χ3v) is 6.08. The number of benzene rings is 2. The molecule has 0 bridgehead atoms. The fraction of sp³-hybridized carbons (Fsp3) is 0.208. The van der Waals surface area contributed by atoms with Crippen LogP contribution < -0.4 is 5.73 Å². The fourth-order valence-corrected chi connectivity index (χ4v) is 4.30. The summed E-state index contributed by atoms with van der Waals surface area (Å²) in [6.45, 7) is 2.34. The van der Waals surface area contributed by atoms with Gasteiger partial charge in [-0.05, 0) is 48.9 Å². The van der Waals surface area contributed by atoms with Crippen molar-refractivity contribution in [1.82, 2.24) is 14.9 Å². The van der Waals surface area contributed by atoms with Gasteiger partial charge >= 0.3 is 0 Å². The number of rotatable bonds is 3. The normalized spacial score (nSPS) is 14.5. The second-order valence-corrected chi connectivity index (χ2v) is 8.32. The summed E-state index contributed by atoms with van der Waals surface area (Å²) in [5, 5.41) is 0.689. The molecular formula is C24H20ClFN4O3. The first kappa shape index (κ1) is 21.4. The first-order valence-corrected chi connectivity index (χ1v) is 10.9. The molecule has 3 heterocycles. The van der Waals surface area contributed by atoms with Crippen LogP contribution in [-0.2, 0) is 4.74 Å². The maximum absolute atomic E-state index is 13.6. The van der Waals surface area contributed by atoms with Crippen molar-refractivity contribution < 1.29 is 18.7 Å². The van der Waals surface area contributed by atoms with Gasteiger partial charge in [-0.3, -0.25) is 9.59 Å². The molecule has 0 radical (unpaired) electrons. The average Bonchev–Trinajstić information content (AvgIpc) is 2.97. The van der Waals surface area contributed by atoms with Crippen LogP contribution in [0.4, 0.5) is 4.39 Å². The van der Waals surface area contributed by atoms with Gasteiger partial charge in [-0.1, -0.05) is 11.6 Å². The standard InChI is InChI=1S/C24H20ClFN4O3/c25-17-10-13(3-5-18(17)26)19-12-16(23(27)31)22-21(28-19)15-4-2-14(11-20(15)29-22)24(32)30-6-1-8-33-9-7-30/h2-5,10-12,29H,1,6-9H2,(H2,27,31). The first-order chi connectivity index (χ1) is 15.9. The van der Waals surface area contributed by atoms with Crippen molar-refractivity contribution in [2.75, 3.05) is 26.3 Å². The van der Waals surface area contributed by atoms with Crippen molar-refractivity contribution in [1.29, 1.82) is 0 Å². The van der Waals surface area contributed by atoms with E-state index in [0.717, 1.165) is 11.8 Å². The molecule has 0 unspecified atom stereocenters. The molecule has 7 nitrogen and oxygen atoms in total. The molecule has 2 amide bonds. The summed E-state index contributed by atoms with van der Waals surface area (Å²) in [7, 11) is 0. The number of nitrogens with two attached hydrogens (primary N) is 1. The van der Waals surface area contributed by atoms with Gasteiger partial charge in [-0.25, -0.2) is 9.37 Å². The molecule has 3 N–H and O–H groups in total. The number of hydrogen-bond acceptors (Lipinski definition) is 4. The highest BCUT2D eigenvalue weighted by Gasteiger charge is 2.20. The lowest BCUT2D eigenvalue weighted by molar-refractivity contribution is 0.0741. The molecular weight excluding hydrogens is 447 g/mol. The van der Waals surface area contributed by atoms with E-state index in [9.17, 15) is 14.0 Å². The Labute approximate surface area is 193 Å². The number of primary amides is 1. The molecule has 5 rings (SSSR count). The molecule has 1 aliphatic heterocycles. The van der Waals surface area contributed by atoms with E-state index in [-0.39, 0.29) is 16.5 Å². The highest BCUT2D eigenvalue weighted by molar-refractivity contribution is 6.31. The van der Waals surface area contributed by atoms with Gasteiger partial charge in [0, 0.05) is 41.7 Å². The van der Waals surface area contributed by atoms with Gasteiger partial charge in [0.25, 0.3) is 11.8 Å². The Morgan fingerprint density at radius 1 is 1.12 bits per heavy atom. The quantitative estimate of drug-likeness (QED) is 0.474. The lowest BCUT2D eigenvalue weighted by atomic mass is 10.1. The number of pyridine rings is 1. The van der Waals surface area contributed by atoms with Crippen LogP contribution in [0.5, 0.6) is 0 Å². The zero-order valence-electron chi connectivity index (χ0n) is 17.5. The number of H-pyrrole nitrogens is 1. The van der Waals surface area contributed by atoms with Gasteiger partial charge in [-0.2, -0.15) is 0 Å². The Kier molecular flexibility index (Phi) is 5.47. The van der Waals surface area contributed by atoms with Gasteiger partial charge in [-0.15, -0.1) is 0 Å². The number of carbonyl (C=O) groups is 2. The van der Waals surface area contributed by atoms with Crippen LogP contribution in [0.15, 0.2) is 42.5 Å². The van der Waals surface area contributed by atoms with E-state index in [1.807, 2.05) is 0 Å². The second-order valence-electron chi connectivity index (χ2n) is 7.92. The molecule has 33 heavy (non-hydrogen) atoms. The molecule has 2 aromatic carbocycles. The molecule has 0 spiro atoms. The first-order valence-electron chi connectivity index (χ1n) is 10.5. The van der Waals surface area contributed by atoms with Crippen molar-refractivity contribution in [2.45, 2.75) is 6.42 Å².